The van der Waals surface area contributed by atoms with E-state index in [2.05, 4.69) is 6.92 Å². The molecule has 0 unspecified atom stereocenters. The molecule has 0 aliphatic rings. The molecule has 2 aromatic carbocycles. The number of halogens is 2. The number of amides is 3. The lowest BCUT2D eigenvalue weighted by Gasteiger charge is -2.42. The van der Waals surface area contributed by atoms with Crippen molar-refractivity contribution in [2.24, 2.45) is 0 Å². The van der Waals surface area contributed by atoms with Crippen molar-refractivity contribution in [3.05, 3.63) is 71.3 Å². The number of hydrogen-bond donors (Lipinski definition) is 0. The molecule has 2 aromatic rings. The summed E-state index contributed by atoms with van der Waals surface area (Å²) in [5, 5.41) is 1.86. The minimum Gasteiger partial charge on any atom is -0.273 e. The molecule has 0 N–H and O–H groups in total. The third kappa shape index (κ3) is 8.26. The number of hydrogen-bond acceptors (Lipinski definition) is 3. The largest absolute Gasteiger partial charge is 0.280 e. The highest BCUT2D eigenvalue weighted by Crippen LogP contribution is 2.24. The molecule has 3 amide bonds. The minimum absolute atomic E-state index is 0.0901. The van der Waals surface area contributed by atoms with Gasteiger partial charge in [0.05, 0.1) is 5.54 Å². The van der Waals surface area contributed by atoms with Crippen molar-refractivity contribution in [2.45, 2.75) is 84.6 Å². The topological polar surface area (TPSA) is 57.7 Å². The van der Waals surface area contributed by atoms with Gasteiger partial charge in [-0.25, -0.2) is 13.8 Å². The zero-order valence-corrected chi connectivity index (χ0v) is 21.2. The monoisotopic (exact) mass is 486 g/mol. The Balaban J connectivity index is 2.36. The predicted molar refractivity (Wildman–Crippen MR) is 133 cm³/mol. The third-order valence-corrected chi connectivity index (χ3v) is 5.59. The van der Waals surface area contributed by atoms with Gasteiger partial charge in [-0.05, 0) is 63.6 Å². The lowest BCUT2D eigenvalue weighted by atomic mass is 10.0. The van der Waals surface area contributed by atoms with Gasteiger partial charge in [0.1, 0.15) is 11.6 Å². The van der Waals surface area contributed by atoms with Crippen molar-refractivity contribution < 1.29 is 23.2 Å². The van der Waals surface area contributed by atoms with Crippen molar-refractivity contribution in [3.63, 3.8) is 0 Å². The van der Waals surface area contributed by atoms with Gasteiger partial charge in [0.2, 0.25) is 5.91 Å². The lowest BCUT2D eigenvalue weighted by Crippen LogP contribution is -2.60. The Bertz CT molecular complexity index is 960. The smallest absolute Gasteiger partial charge is 0.273 e. The fourth-order valence-corrected chi connectivity index (χ4v) is 3.89. The van der Waals surface area contributed by atoms with Crippen LogP contribution in [0.2, 0.25) is 0 Å². The summed E-state index contributed by atoms with van der Waals surface area (Å²) in [6.45, 7) is 7.28. The molecular formula is C28H36F2N2O3. The van der Waals surface area contributed by atoms with Gasteiger partial charge < -0.3 is 0 Å². The number of benzene rings is 2. The Kier molecular flexibility index (Phi) is 10.6. The van der Waals surface area contributed by atoms with Crippen LogP contribution in [-0.2, 0) is 4.79 Å². The molecule has 0 aromatic heterocycles. The number of hydrazine groups is 1. The van der Waals surface area contributed by atoms with E-state index >= 15 is 0 Å². The molecule has 7 heteroatoms. The van der Waals surface area contributed by atoms with E-state index in [1.165, 1.54) is 42.8 Å². The molecule has 0 aliphatic heterocycles. The molecule has 0 bridgehead atoms. The first kappa shape index (κ1) is 28.1. The Labute approximate surface area is 207 Å². The Morgan fingerprint density at radius 1 is 0.743 bits per heavy atom. The summed E-state index contributed by atoms with van der Waals surface area (Å²) in [6, 6.07) is 9.85. The fraction of sp³-hybridized carbons (Fsp3) is 0.464. The van der Waals surface area contributed by atoms with Crippen molar-refractivity contribution in [2.75, 3.05) is 0 Å². The van der Waals surface area contributed by atoms with Gasteiger partial charge in [-0.1, -0.05) is 57.6 Å². The second kappa shape index (κ2) is 13.1. The van der Waals surface area contributed by atoms with E-state index < -0.39 is 34.9 Å². The molecule has 190 valence electrons. The van der Waals surface area contributed by atoms with E-state index in [4.69, 9.17) is 0 Å². The maximum Gasteiger partial charge on any atom is 0.280 e. The molecular weight excluding hydrogens is 450 g/mol. The van der Waals surface area contributed by atoms with Gasteiger partial charge in [0.15, 0.2) is 0 Å². The zero-order chi connectivity index (χ0) is 26.0. The van der Waals surface area contributed by atoms with Crippen LogP contribution in [0, 0.1) is 11.6 Å². The highest BCUT2D eigenvalue weighted by atomic mass is 19.1. The minimum atomic E-state index is -0.954. The van der Waals surface area contributed by atoms with Crippen molar-refractivity contribution >= 4 is 17.7 Å². The van der Waals surface area contributed by atoms with Gasteiger partial charge in [-0.15, -0.1) is 0 Å². The summed E-state index contributed by atoms with van der Waals surface area (Å²) >= 11 is 0. The summed E-state index contributed by atoms with van der Waals surface area (Å²) in [5.41, 5.74) is -1.13. The molecule has 5 nitrogen and oxygen atoms in total. The summed E-state index contributed by atoms with van der Waals surface area (Å²) < 4.78 is 27.8. The number of unbranched alkanes of at least 4 members (excludes halogenated alkanes) is 6. The van der Waals surface area contributed by atoms with Crippen LogP contribution >= 0.6 is 0 Å². The first-order chi connectivity index (χ1) is 16.6. The lowest BCUT2D eigenvalue weighted by molar-refractivity contribution is -0.151. The van der Waals surface area contributed by atoms with Gasteiger partial charge in [-0.3, -0.25) is 14.4 Å². The SMILES string of the molecule is CCCCCCCCCC(=O)N(N(C(=O)c1cccc(F)c1)C(=O)c1cccc(F)c1)C(C)(C)C. The van der Waals surface area contributed by atoms with Crippen LogP contribution in [0.4, 0.5) is 8.78 Å². The second-order valence-corrected chi connectivity index (χ2v) is 9.69. The average Bonchev–Trinajstić information content (AvgIpc) is 2.80. The van der Waals surface area contributed by atoms with Crippen molar-refractivity contribution in [1.82, 2.24) is 10.0 Å². The van der Waals surface area contributed by atoms with E-state index in [1.54, 1.807) is 20.8 Å². The van der Waals surface area contributed by atoms with E-state index in [1.807, 2.05) is 0 Å². The maximum absolute atomic E-state index is 13.9. The van der Waals surface area contributed by atoms with E-state index in [0.717, 1.165) is 54.3 Å². The zero-order valence-electron chi connectivity index (χ0n) is 21.2. The first-order valence-corrected chi connectivity index (χ1v) is 12.3. The Hall–Kier alpha value is -3.09. The van der Waals surface area contributed by atoms with Crippen LogP contribution in [-0.4, -0.2) is 33.3 Å². The summed E-state index contributed by atoms with van der Waals surface area (Å²) in [7, 11) is 0. The van der Waals surface area contributed by atoms with Crippen molar-refractivity contribution in [1.29, 1.82) is 0 Å². The molecule has 0 atom stereocenters. The van der Waals surface area contributed by atoms with Crippen molar-refractivity contribution in [3.8, 4) is 0 Å². The van der Waals surface area contributed by atoms with Gasteiger partial charge in [-0.2, -0.15) is 5.01 Å². The van der Waals surface area contributed by atoms with Crippen LogP contribution in [0.25, 0.3) is 0 Å². The summed E-state index contributed by atoms with van der Waals surface area (Å²) in [6.07, 6.45) is 7.26. The second-order valence-electron chi connectivity index (χ2n) is 9.69. The number of carbonyl (C=O) groups excluding carboxylic acids is 3. The van der Waals surface area contributed by atoms with Crippen LogP contribution in [0.1, 0.15) is 99.8 Å². The Morgan fingerprint density at radius 2 is 1.20 bits per heavy atom. The van der Waals surface area contributed by atoms with Gasteiger partial charge in [0.25, 0.3) is 11.8 Å². The van der Waals surface area contributed by atoms with Crippen LogP contribution in [0.5, 0.6) is 0 Å². The first-order valence-electron chi connectivity index (χ1n) is 12.3. The predicted octanol–water partition coefficient (Wildman–Crippen LogP) is 6.93. The number of nitrogens with zero attached hydrogens (tertiary/aromatic N) is 2. The quantitative estimate of drug-likeness (QED) is 0.208. The standard InChI is InChI=1S/C28H36F2N2O3/c1-5-6-7-8-9-10-11-18-25(33)32(28(2,3)4)31(26(34)21-14-12-16-23(29)19-21)27(35)22-15-13-17-24(30)20-22/h12-17,19-20H,5-11,18H2,1-4H3. The molecule has 0 saturated carbocycles. The van der Waals surface area contributed by atoms with E-state index in [-0.39, 0.29) is 17.5 Å². The summed E-state index contributed by atoms with van der Waals surface area (Å²) in [5.74, 6) is -3.42. The van der Waals surface area contributed by atoms with Gasteiger partial charge in [0, 0.05) is 17.5 Å². The Morgan fingerprint density at radius 3 is 1.63 bits per heavy atom. The summed E-state index contributed by atoms with van der Waals surface area (Å²) in [4.78, 5) is 40.4. The number of carbonyl (C=O) groups is 3. The van der Waals surface area contributed by atoms with Crippen LogP contribution in [0.15, 0.2) is 48.5 Å². The van der Waals surface area contributed by atoms with Gasteiger partial charge >= 0.3 is 0 Å². The molecule has 0 heterocycles. The van der Waals surface area contributed by atoms with E-state index in [0.29, 0.717) is 6.42 Å². The molecule has 0 aliphatic carbocycles. The molecule has 0 saturated heterocycles. The molecule has 35 heavy (non-hydrogen) atoms. The normalized spacial score (nSPS) is 11.3. The number of rotatable bonds is 10. The average molecular weight is 487 g/mol. The molecule has 0 radical (unpaired) electrons. The highest BCUT2D eigenvalue weighted by Gasteiger charge is 2.39. The highest BCUT2D eigenvalue weighted by molar-refractivity contribution is 6.11. The fourth-order valence-electron chi connectivity index (χ4n) is 3.89. The molecule has 0 spiro atoms. The van der Waals surface area contributed by atoms with Crippen LogP contribution < -0.4 is 0 Å². The third-order valence-electron chi connectivity index (χ3n) is 5.59. The van der Waals surface area contributed by atoms with E-state index in [9.17, 15) is 23.2 Å². The number of imide groups is 1. The maximum atomic E-state index is 13.9. The molecule has 2 rings (SSSR count). The molecule has 0 fully saturated rings. The van der Waals surface area contributed by atoms with Crippen LogP contribution in [0.3, 0.4) is 0 Å².